The molecule has 1 saturated heterocycles. The van der Waals surface area contributed by atoms with Crippen molar-refractivity contribution in [1.29, 1.82) is 0 Å². The molecule has 1 aliphatic heterocycles. The van der Waals surface area contributed by atoms with Crippen LogP contribution in [0.5, 0.6) is 0 Å². The van der Waals surface area contributed by atoms with Gasteiger partial charge in [0.2, 0.25) is 0 Å². The Morgan fingerprint density at radius 2 is 1.48 bits per heavy atom. The van der Waals surface area contributed by atoms with E-state index in [9.17, 15) is 0 Å². The zero-order valence-electron chi connectivity index (χ0n) is 12.5. The lowest BCUT2D eigenvalue weighted by molar-refractivity contribution is -0.507. The zero-order valence-corrected chi connectivity index (χ0v) is 12.5. The molecule has 1 fully saturated rings. The highest BCUT2D eigenvalue weighted by molar-refractivity contribution is 6.01. The minimum atomic E-state index is 1.12. The minimum Gasteiger partial charge on any atom is -0.264 e. The van der Waals surface area contributed by atoms with Crippen molar-refractivity contribution in [3.05, 3.63) is 60.7 Å². The van der Waals surface area contributed by atoms with Crippen molar-refractivity contribution in [2.45, 2.75) is 12.8 Å². The van der Waals surface area contributed by atoms with E-state index in [1.807, 2.05) is 6.07 Å². The van der Waals surface area contributed by atoms with Gasteiger partial charge < -0.3 is 0 Å². The quantitative estimate of drug-likeness (QED) is 0.671. The molecule has 0 spiro atoms. The summed E-state index contributed by atoms with van der Waals surface area (Å²) >= 11 is 0. The third-order valence-corrected chi connectivity index (χ3v) is 3.90. The summed E-state index contributed by atoms with van der Waals surface area (Å²) in [5.74, 6) is 1.16. The molecule has 3 heteroatoms. The number of hydrogen-bond acceptors (Lipinski definition) is 0. The lowest BCUT2D eigenvalue weighted by Crippen LogP contribution is -2.40. The van der Waals surface area contributed by atoms with Crippen LogP contribution >= 0.6 is 0 Å². The van der Waals surface area contributed by atoms with Gasteiger partial charge in [-0.3, -0.25) is 4.58 Å². The van der Waals surface area contributed by atoms with Crippen molar-refractivity contribution in [2.24, 2.45) is 0 Å². The summed E-state index contributed by atoms with van der Waals surface area (Å²) in [5, 5.41) is 3.59. The molecule has 1 N–H and O–H groups in total. The highest BCUT2D eigenvalue weighted by Crippen LogP contribution is 2.15. The molecule has 0 amide bonds. The van der Waals surface area contributed by atoms with E-state index in [2.05, 4.69) is 76.4 Å². The first-order chi connectivity index (χ1) is 10.3. The molecule has 3 nitrogen and oxygen atoms in total. The van der Waals surface area contributed by atoms with Gasteiger partial charge in [-0.05, 0) is 37.1 Å². The lowest BCUT2D eigenvalue weighted by atomic mass is 10.3. The summed E-state index contributed by atoms with van der Waals surface area (Å²) in [6, 6.07) is 20.9. The van der Waals surface area contributed by atoms with Crippen LogP contribution < -0.4 is 10.2 Å². The minimum absolute atomic E-state index is 1.12. The van der Waals surface area contributed by atoms with Crippen LogP contribution in [0.2, 0.25) is 0 Å². The van der Waals surface area contributed by atoms with Crippen molar-refractivity contribution < 1.29 is 4.58 Å². The second-order valence-electron chi connectivity index (χ2n) is 5.40. The van der Waals surface area contributed by atoms with Crippen LogP contribution in [-0.2, 0) is 0 Å². The third-order valence-electron chi connectivity index (χ3n) is 3.90. The van der Waals surface area contributed by atoms with E-state index in [0.29, 0.717) is 0 Å². The van der Waals surface area contributed by atoms with E-state index < -0.39 is 0 Å². The predicted octanol–water partition coefficient (Wildman–Crippen LogP) is 3.40. The van der Waals surface area contributed by atoms with E-state index >= 15 is 0 Å². The van der Waals surface area contributed by atoms with Crippen LogP contribution in [0.4, 0.5) is 11.4 Å². The van der Waals surface area contributed by atoms with Crippen LogP contribution in [0.15, 0.2) is 60.7 Å². The van der Waals surface area contributed by atoms with E-state index in [1.54, 1.807) is 0 Å². The maximum absolute atomic E-state index is 3.59. The second kappa shape index (κ2) is 6.44. The standard InChI is InChI=1S/C18H21N3/c1-20(17-12-6-3-7-13-17)18(21-14-8-9-15-21)19-16-10-4-2-5-11-16/h2-7,10-13H,8-9,14-15H2,1H3/p+1. The first-order valence-corrected chi connectivity index (χ1v) is 7.57. The van der Waals surface area contributed by atoms with Crippen LogP contribution in [0.3, 0.4) is 0 Å². The first kappa shape index (κ1) is 13.7. The Labute approximate surface area is 126 Å². The number of nitrogens with one attached hydrogen (secondary N) is 1. The maximum atomic E-state index is 3.59. The fraction of sp³-hybridized carbons (Fsp3) is 0.278. The van der Waals surface area contributed by atoms with Crippen LogP contribution in [0, 0.1) is 0 Å². The molecule has 0 unspecified atom stereocenters. The van der Waals surface area contributed by atoms with Gasteiger partial charge in [0.25, 0.3) is 0 Å². The number of hydrogen-bond donors (Lipinski definition) is 1. The summed E-state index contributed by atoms with van der Waals surface area (Å²) in [5.41, 5.74) is 2.32. The molecule has 2 aromatic rings. The second-order valence-corrected chi connectivity index (χ2v) is 5.40. The van der Waals surface area contributed by atoms with Gasteiger partial charge in [0.15, 0.2) is 0 Å². The summed E-state index contributed by atoms with van der Waals surface area (Å²) in [6.07, 6.45) is 2.53. The van der Waals surface area contributed by atoms with Crippen molar-refractivity contribution in [2.75, 3.05) is 30.4 Å². The monoisotopic (exact) mass is 280 g/mol. The molecule has 108 valence electrons. The summed E-state index contributed by atoms with van der Waals surface area (Å²) < 4.78 is 2.43. The number of nitrogens with zero attached hydrogens (tertiary/aromatic N) is 2. The van der Waals surface area contributed by atoms with Crippen LogP contribution in [0.25, 0.3) is 0 Å². The smallest absolute Gasteiger partial charge is 0.264 e. The van der Waals surface area contributed by atoms with Crippen molar-refractivity contribution >= 4 is 17.3 Å². The number of anilines is 2. The Morgan fingerprint density at radius 1 is 0.905 bits per heavy atom. The third kappa shape index (κ3) is 3.24. The average Bonchev–Trinajstić information content (AvgIpc) is 3.08. The molecule has 0 aromatic heterocycles. The normalized spacial score (nSPS) is 14.0. The zero-order chi connectivity index (χ0) is 14.5. The topological polar surface area (TPSA) is 18.3 Å². The van der Waals surface area contributed by atoms with E-state index in [1.165, 1.54) is 18.5 Å². The molecular weight excluding hydrogens is 258 g/mol. The Morgan fingerprint density at radius 3 is 2.10 bits per heavy atom. The Bertz CT molecular complexity index is 597. The summed E-state index contributed by atoms with van der Waals surface area (Å²) in [7, 11) is 2.12. The molecule has 21 heavy (non-hydrogen) atoms. The lowest BCUT2D eigenvalue weighted by Gasteiger charge is -2.18. The van der Waals surface area contributed by atoms with Crippen molar-refractivity contribution in [1.82, 2.24) is 0 Å². The van der Waals surface area contributed by atoms with Gasteiger partial charge in [0.05, 0.1) is 25.8 Å². The summed E-state index contributed by atoms with van der Waals surface area (Å²) in [6.45, 7) is 2.23. The average molecular weight is 280 g/mol. The number of benzene rings is 2. The summed E-state index contributed by atoms with van der Waals surface area (Å²) in [4.78, 5) is 2.23. The predicted molar refractivity (Wildman–Crippen MR) is 89.1 cm³/mol. The molecule has 1 heterocycles. The fourth-order valence-corrected chi connectivity index (χ4v) is 2.73. The molecule has 2 aromatic carbocycles. The molecule has 0 radical (unpaired) electrons. The van der Waals surface area contributed by atoms with E-state index in [-0.39, 0.29) is 0 Å². The highest BCUT2D eigenvalue weighted by Gasteiger charge is 2.23. The van der Waals surface area contributed by atoms with Crippen molar-refractivity contribution in [3.63, 3.8) is 0 Å². The molecule has 3 rings (SSSR count). The van der Waals surface area contributed by atoms with Gasteiger partial charge in [-0.1, -0.05) is 36.4 Å². The van der Waals surface area contributed by atoms with E-state index in [4.69, 9.17) is 0 Å². The van der Waals surface area contributed by atoms with Gasteiger partial charge >= 0.3 is 5.96 Å². The Balaban J connectivity index is 1.92. The van der Waals surface area contributed by atoms with Gasteiger partial charge in [0, 0.05) is 0 Å². The highest BCUT2D eigenvalue weighted by atomic mass is 15.3. The molecule has 0 aliphatic carbocycles. The van der Waals surface area contributed by atoms with Gasteiger partial charge in [0.1, 0.15) is 5.69 Å². The molecule has 0 saturated carbocycles. The van der Waals surface area contributed by atoms with E-state index in [0.717, 1.165) is 24.7 Å². The Kier molecular flexibility index (Phi) is 4.20. The Hall–Kier alpha value is -2.29. The largest absolute Gasteiger partial charge is 0.357 e. The number of rotatable bonds is 2. The molecular formula is C18H22N3+. The van der Waals surface area contributed by atoms with Gasteiger partial charge in [-0.25, -0.2) is 10.2 Å². The maximum Gasteiger partial charge on any atom is 0.357 e. The first-order valence-electron chi connectivity index (χ1n) is 7.57. The van der Waals surface area contributed by atoms with Crippen LogP contribution in [0.1, 0.15) is 12.8 Å². The van der Waals surface area contributed by atoms with Gasteiger partial charge in [-0.2, -0.15) is 0 Å². The SMILES string of the molecule is CN(C(Nc1ccccc1)=[N+]1CCCC1)c1ccccc1. The van der Waals surface area contributed by atoms with Gasteiger partial charge in [-0.15, -0.1) is 0 Å². The number of guanidine groups is 1. The number of para-hydroxylation sites is 2. The molecule has 0 bridgehead atoms. The molecule has 1 aliphatic rings. The van der Waals surface area contributed by atoms with Crippen LogP contribution in [-0.4, -0.2) is 30.7 Å². The molecule has 0 atom stereocenters. The van der Waals surface area contributed by atoms with Crippen molar-refractivity contribution in [3.8, 4) is 0 Å². The fourth-order valence-electron chi connectivity index (χ4n) is 2.73.